The van der Waals surface area contributed by atoms with Gasteiger partial charge in [-0.05, 0) is 31.5 Å². The van der Waals surface area contributed by atoms with E-state index in [1.54, 1.807) is 0 Å². The highest BCUT2D eigenvalue weighted by atomic mass is 35.5. The van der Waals surface area contributed by atoms with Crippen molar-refractivity contribution in [1.29, 1.82) is 0 Å². The monoisotopic (exact) mass is 287 g/mol. The van der Waals surface area contributed by atoms with E-state index in [0.717, 1.165) is 18.6 Å². The van der Waals surface area contributed by atoms with Gasteiger partial charge in [0.1, 0.15) is 5.82 Å². The van der Waals surface area contributed by atoms with E-state index in [0.29, 0.717) is 0 Å². The van der Waals surface area contributed by atoms with Crippen LogP contribution in [0.25, 0.3) is 0 Å². The average molecular weight is 288 g/mol. The highest BCUT2D eigenvalue weighted by Crippen LogP contribution is 2.17. The molecule has 4 nitrogen and oxygen atoms in total. The minimum Gasteiger partial charge on any atom is -0.452 e. The van der Waals surface area contributed by atoms with Gasteiger partial charge in [0.15, 0.2) is 6.61 Å². The van der Waals surface area contributed by atoms with Gasteiger partial charge >= 0.3 is 5.97 Å². The number of benzene rings is 1. The molecule has 1 atom stereocenters. The van der Waals surface area contributed by atoms with Crippen LogP contribution in [0.1, 0.15) is 30.6 Å². The molecule has 0 saturated heterocycles. The number of rotatable bonds is 5. The van der Waals surface area contributed by atoms with Gasteiger partial charge in [-0.3, -0.25) is 4.79 Å². The number of nitrogens with one attached hydrogen (secondary N) is 1. The molecule has 0 bridgehead atoms. The Balaban J connectivity index is 2.56. The number of hydrogen-bond donors (Lipinski definition) is 1. The summed E-state index contributed by atoms with van der Waals surface area (Å²) in [6.07, 6.45) is 0.773. The van der Waals surface area contributed by atoms with E-state index in [9.17, 15) is 14.0 Å². The van der Waals surface area contributed by atoms with Crippen LogP contribution in [0.2, 0.25) is 5.02 Å². The predicted molar refractivity (Wildman–Crippen MR) is 69.6 cm³/mol. The minimum atomic E-state index is -0.830. The van der Waals surface area contributed by atoms with Gasteiger partial charge in [0.05, 0.1) is 10.6 Å². The second-order valence-corrected chi connectivity index (χ2v) is 4.48. The summed E-state index contributed by atoms with van der Waals surface area (Å²) >= 11 is 5.75. The molecule has 1 aromatic carbocycles. The number of amides is 1. The van der Waals surface area contributed by atoms with Gasteiger partial charge in [-0.1, -0.05) is 18.5 Å². The summed E-state index contributed by atoms with van der Waals surface area (Å²) in [6, 6.07) is 3.36. The standard InChI is InChI=1S/C13H15ClFNO3/c1-3-8(2)16-12(17)7-19-13(18)10-6-9(15)4-5-11(10)14/h4-6,8H,3,7H2,1-2H3,(H,16,17). The second kappa shape index (κ2) is 7.09. The molecule has 0 aromatic heterocycles. The Morgan fingerprint density at radius 2 is 2.16 bits per heavy atom. The summed E-state index contributed by atoms with van der Waals surface area (Å²) in [5.74, 6) is -1.83. The van der Waals surface area contributed by atoms with Crippen LogP contribution in [0, 0.1) is 5.82 Å². The maximum Gasteiger partial charge on any atom is 0.340 e. The summed E-state index contributed by atoms with van der Waals surface area (Å²) in [7, 11) is 0. The zero-order valence-corrected chi connectivity index (χ0v) is 11.5. The number of hydrogen-bond acceptors (Lipinski definition) is 3. The molecule has 0 saturated carbocycles. The van der Waals surface area contributed by atoms with Crippen molar-refractivity contribution in [2.45, 2.75) is 26.3 Å². The molecule has 1 aromatic rings. The summed E-state index contributed by atoms with van der Waals surface area (Å²) in [6.45, 7) is 3.34. The van der Waals surface area contributed by atoms with Crippen LogP contribution >= 0.6 is 11.6 Å². The predicted octanol–water partition coefficient (Wildman–Crippen LogP) is 2.55. The lowest BCUT2D eigenvalue weighted by Crippen LogP contribution is -2.35. The third kappa shape index (κ3) is 4.87. The Morgan fingerprint density at radius 1 is 1.47 bits per heavy atom. The molecule has 0 heterocycles. The number of ether oxygens (including phenoxy) is 1. The molecule has 0 fully saturated rings. The van der Waals surface area contributed by atoms with Crippen molar-refractivity contribution in [3.05, 3.63) is 34.6 Å². The van der Waals surface area contributed by atoms with E-state index in [2.05, 4.69) is 5.32 Å². The quantitative estimate of drug-likeness (QED) is 0.847. The van der Waals surface area contributed by atoms with Gasteiger partial charge in [0.25, 0.3) is 5.91 Å². The molecule has 6 heteroatoms. The summed E-state index contributed by atoms with van der Waals surface area (Å²) in [5, 5.41) is 2.72. The lowest BCUT2D eigenvalue weighted by Gasteiger charge is -2.11. The molecule has 0 spiro atoms. The Kier molecular flexibility index (Phi) is 5.76. The van der Waals surface area contributed by atoms with Crippen LogP contribution in [0.4, 0.5) is 4.39 Å². The molecule has 19 heavy (non-hydrogen) atoms. The maximum absolute atomic E-state index is 13.0. The molecule has 1 amide bonds. The molecule has 1 unspecified atom stereocenters. The summed E-state index contributed by atoms with van der Waals surface area (Å²) < 4.78 is 17.7. The number of esters is 1. The number of carbonyl (C=O) groups is 2. The van der Waals surface area contributed by atoms with Crippen molar-refractivity contribution < 1.29 is 18.7 Å². The fraction of sp³-hybridized carbons (Fsp3) is 0.385. The van der Waals surface area contributed by atoms with Gasteiger partial charge in [-0.25, -0.2) is 9.18 Å². The van der Waals surface area contributed by atoms with Gasteiger partial charge in [-0.2, -0.15) is 0 Å². The van der Waals surface area contributed by atoms with Crippen LogP contribution in [0.3, 0.4) is 0 Å². The lowest BCUT2D eigenvalue weighted by molar-refractivity contribution is -0.124. The minimum absolute atomic E-state index is 0.00367. The van der Waals surface area contributed by atoms with E-state index in [4.69, 9.17) is 16.3 Å². The molecule has 0 aliphatic rings. The number of carbonyl (C=O) groups excluding carboxylic acids is 2. The van der Waals surface area contributed by atoms with Gasteiger partial charge in [-0.15, -0.1) is 0 Å². The first-order chi connectivity index (χ1) is 8.93. The van der Waals surface area contributed by atoms with Crippen LogP contribution in [-0.4, -0.2) is 24.5 Å². The Labute approximate surface area is 115 Å². The average Bonchev–Trinajstić information content (AvgIpc) is 2.38. The number of halogens is 2. The van der Waals surface area contributed by atoms with Crippen molar-refractivity contribution >= 4 is 23.5 Å². The van der Waals surface area contributed by atoms with Crippen molar-refractivity contribution in [1.82, 2.24) is 5.32 Å². The topological polar surface area (TPSA) is 55.4 Å². The maximum atomic E-state index is 13.0. The van der Waals surface area contributed by atoms with E-state index < -0.39 is 24.3 Å². The summed E-state index contributed by atoms with van der Waals surface area (Å²) in [5.41, 5.74) is -0.0991. The van der Waals surface area contributed by atoms with Crippen molar-refractivity contribution in [3.63, 3.8) is 0 Å². The van der Waals surface area contributed by atoms with Crippen LogP contribution < -0.4 is 5.32 Å². The third-order valence-electron chi connectivity index (χ3n) is 2.50. The first-order valence-corrected chi connectivity index (χ1v) is 6.23. The molecule has 0 aliphatic carbocycles. The largest absolute Gasteiger partial charge is 0.452 e. The normalized spacial score (nSPS) is 11.8. The van der Waals surface area contributed by atoms with E-state index in [-0.39, 0.29) is 16.6 Å². The fourth-order valence-corrected chi connectivity index (χ4v) is 1.48. The van der Waals surface area contributed by atoms with E-state index in [1.165, 1.54) is 6.07 Å². The van der Waals surface area contributed by atoms with Crippen LogP contribution in [0.5, 0.6) is 0 Å². The van der Waals surface area contributed by atoms with Crippen LogP contribution in [0.15, 0.2) is 18.2 Å². The molecular weight excluding hydrogens is 273 g/mol. The lowest BCUT2D eigenvalue weighted by atomic mass is 10.2. The van der Waals surface area contributed by atoms with E-state index >= 15 is 0 Å². The fourth-order valence-electron chi connectivity index (χ4n) is 1.28. The Hall–Kier alpha value is -1.62. The van der Waals surface area contributed by atoms with Gasteiger partial charge < -0.3 is 10.1 Å². The first-order valence-electron chi connectivity index (χ1n) is 5.85. The van der Waals surface area contributed by atoms with Gasteiger partial charge in [0.2, 0.25) is 0 Å². The summed E-state index contributed by atoms with van der Waals surface area (Å²) in [4.78, 5) is 23.0. The first kappa shape index (κ1) is 15.4. The second-order valence-electron chi connectivity index (χ2n) is 4.08. The smallest absolute Gasteiger partial charge is 0.340 e. The zero-order chi connectivity index (χ0) is 14.4. The molecule has 0 aliphatic heterocycles. The van der Waals surface area contributed by atoms with Crippen molar-refractivity contribution in [2.75, 3.05) is 6.61 Å². The third-order valence-corrected chi connectivity index (χ3v) is 2.83. The molecule has 1 N–H and O–H groups in total. The van der Waals surface area contributed by atoms with Crippen molar-refractivity contribution in [2.24, 2.45) is 0 Å². The molecule has 104 valence electrons. The van der Waals surface area contributed by atoms with Crippen molar-refractivity contribution in [3.8, 4) is 0 Å². The molecular formula is C13H15ClFNO3. The Bertz CT molecular complexity index is 479. The van der Waals surface area contributed by atoms with Crippen LogP contribution in [-0.2, 0) is 9.53 Å². The van der Waals surface area contributed by atoms with E-state index in [1.807, 2.05) is 13.8 Å². The molecule has 1 rings (SSSR count). The zero-order valence-electron chi connectivity index (χ0n) is 10.7. The highest BCUT2D eigenvalue weighted by Gasteiger charge is 2.15. The highest BCUT2D eigenvalue weighted by molar-refractivity contribution is 6.33. The Morgan fingerprint density at radius 3 is 2.79 bits per heavy atom. The molecule has 0 radical (unpaired) electrons. The SMILES string of the molecule is CCC(C)NC(=O)COC(=O)c1cc(F)ccc1Cl. The van der Waals surface area contributed by atoms with Gasteiger partial charge in [0, 0.05) is 6.04 Å².